The summed E-state index contributed by atoms with van der Waals surface area (Å²) >= 11 is 0. The number of hydrogen-bond acceptors (Lipinski definition) is 16. The molecule has 396 valence electrons. The number of phosphoric ester groups is 1. The standard InChI is InChI=1S/C18H28N3O15P3.4C6H15N/c22-15-13(11-33-38(28,29)36-39(30,31)35-37(25,26)27)34-17(16(15)23)21-9-8-14(19-18(21)24)20-32-10-4-7-12-5-2-1-3-6-12;4*1-4-7(5-2)6-3/h1-3,5-6,13,15-17,22-23H,4,7-11H2,(H,28,29)(H,30,31)(H,19,20,24)(H2,25,26,27);4*4-6H2,1-3H3. The molecule has 2 fully saturated rings. The molecule has 0 bridgehead atoms. The first-order valence-electron chi connectivity index (χ1n) is 23.5. The lowest BCUT2D eigenvalue weighted by atomic mass is 10.1. The molecule has 2 heterocycles. The zero-order valence-corrected chi connectivity index (χ0v) is 45.0. The molecule has 1 aromatic carbocycles. The number of oxime groups is 1. The van der Waals surface area contributed by atoms with E-state index in [2.05, 4.69) is 126 Å². The van der Waals surface area contributed by atoms with Gasteiger partial charge in [-0.3, -0.25) is 14.7 Å². The van der Waals surface area contributed by atoms with Gasteiger partial charge in [0.25, 0.3) is 0 Å². The summed E-state index contributed by atoms with van der Waals surface area (Å²) < 4.78 is 50.9. The highest BCUT2D eigenvalue weighted by Gasteiger charge is 2.49. The Kier molecular flexibility index (Phi) is 38.0. The second kappa shape index (κ2) is 37.9. The number of amides is 2. The highest BCUT2D eigenvalue weighted by atomic mass is 31.3. The molecule has 0 saturated carbocycles. The maximum atomic E-state index is 12.5. The molecule has 0 aromatic heterocycles. The van der Waals surface area contributed by atoms with Crippen molar-refractivity contribution in [1.29, 1.82) is 0 Å². The zero-order chi connectivity index (χ0) is 51.6. The third-order valence-electron chi connectivity index (χ3n) is 10.6. The van der Waals surface area contributed by atoms with Gasteiger partial charge in [-0.2, -0.15) is 8.62 Å². The number of phosphoric acid groups is 3. The van der Waals surface area contributed by atoms with E-state index >= 15 is 0 Å². The number of aliphatic hydroxyl groups is 2. The van der Waals surface area contributed by atoms with Crippen LogP contribution in [0.1, 0.15) is 101 Å². The predicted octanol–water partition coefficient (Wildman–Crippen LogP) is 5.55. The summed E-state index contributed by atoms with van der Waals surface area (Å²) in [6.45, 7) is 39.8. The minimum Gasteiger partial charge on any atom is -0.394 e. The van der Waals surface area contributed by atoms with Gasteiger partial charge in [0.1, 0.15) is 24.9 Å². The lowest BCUT2D eigenvalue weighted by molar-refractivity contribution is -0.0786. The van der Waals surface area contributed by atoms with Gasteiger partial charge in [0.2, 0.25) is 0 Å². The lowest BCUT2D eigenvalue weighted by Crippen LogP contribution is -2.56. The number of amidine groups is 1. The zero-order valence-electron chi connectivity index (χ0n) is 42.3. The number of ether oxygens (including phenoxy) is 1. The van der Waals surface area contributed by atoms with Gasteiger partial charge in [-0.25, -0.2) is 18.5 Å². The van der Waals surface area contributed by atoms with Crippen molar-refractivity contribution in [2.45, 2.75) is 127 Å². The number of carbonyl (C=O) groups is 1. The first-order chi connectivity index (χ1) is 31.5. The number of carbonyl (C=O) groups excluding carboxylic acids is 1. The monoisotopic (exact) mass is 1020 g/mol. The van der Waals surface area contributed by atoms with Crippen molar-refractivity contribution in [3.05, 3.63) is 35.9 Å². The highest BCUT2D eigenvalue weighted by molar-refractivity contribution is 7.66. The molecule has 2 saturated heterocycles. The first-order valence-corrected chi connectivity index (χ1v) is 28.1. The molecular weight excluding hydrogens is 935 g/mol. The van der Waals surface area contributed by atoms with Crippen LogP contribution in [0.5, 0.6) is 0 Å². The Morgan fingerprint density at radius 3 is 1.48 bits per heavy atom. The summed E-state index contributed by atoms with van der Waals surface area (Å²) in [6, 6.07) is 9.03. The maximum absolute atomic E-state index is 12.5. The summed E-state index contributed by atoms with van der Waals surface area (Å²) in [6.07, 6.45) is -4.69. The molecular formula is C42H88N7O15P3. The molecule has 67 heavy (non-hydrogen) atoms. The van der Waals surface area contributed by atoms with E-state index in [9.17, 15) is 38.5 Å². The van der Waals surface area contributed by atoms with Gasteiger partial charge < -0.3 is 59.0 Å². The van der Waals surface area contributed by atoms with Gasteiger partial charge in [-0.1, -0.05) is 119 Å². The van der Waals surface area contributed by atoms with Crippen LogP contribution in [0.15, 0.2) is 35.5 Å². The van der Waals surface area contributed by atoms with Gasteiger partial charge in [0, 0.05) is 13.0 Å². The lowest BCUT2D eigenvalue weighted by Gasteiger charge is -2.33. The second-order valence-corrected chi connectivity index (χ2v) is 19.2. The largest absolute Gasteiger partial charge is 0.490 e. The summed E-state index contributed by atoms with van der Waals surface area (Å²) in [7, 11) is -16.8. The molecule has 2 amide bonds. The summed E-state index contributed by atoms with van der Waals surface area (Å²) in [4.78, 5) is 64.1. The third kappa shape index (κ3) is 31.1. The Labute approximate surface area is 401 Å². The number of urea groups is 1. The van der Waals surface area contributed by atoms with Gasteiger partial charge in [0.15, 0.2) is 12.1 Å². The summed E-state index contributed by atoms with van der Waals surface area (Å²) in [5, 5.41) is 26.9. The minimum atomic E-state index is -5.74. The van der Waals surface area contributed by atoms with Crippen LogP contribution in [-0.2, 0) is 42.8 Å². The molecule has 2 aliphatic heterocycles. The number of benzene rings is 1. The SMILES string of the molecule is CCN(CC)CC.CCN(CC)CC.CCN(CC)CC.CCN(CC)CC.O=C1NC(=NOCCCc2ccccc2)CCN1C1OC(COP(=O)(O)OP(=O)(O)OP(=O)(O)O)C(O)C1O. The molecule has 3 rings (SSSR count). The van der Waals surface area contributed by atoms with Crippen molar-refractivity contribution in [2.24, 2.45) is 5.16 Å². The topological polar surface area (TPSA) is 276 Å². The predicted molar refractivity (Wildman–Crippen MR) is 262 cm³/mol. The molecule has 6 unspecified atom stereocenters. The van der Waals surface area contributed by atoms with Crippen LogP contribution in [0, 0.1) is 0 Å². The van der Waals surface area contributed by atoms with E-state index in [0.29, 0.717) is 13.0 Å². The van der Waals surface area contributed by atoms with Crippen LogP contribution in [0.4, 0.5) is 4.79 Å². The smallest absolute Gasteiger partial charge is 0.394 e. The van der Waals surface area contributed by atoms with E-state index in [1.165, 1.54) is 78.5 Å². The fraction of sp³-hybridized carbons (Fsp3) is 0.810. The third-order valence-corrected chi connectivity index (χ3v) is 14.5. The van der Waals surface area contributed by atoms with Crippen molar-refractivity contribution in [3.63, 3.8) is 0 Å². The Morgan fingerprint density at radius 1 is 0.672 bits per heavy atom. The molecule has 6 atom stereocenters. The van der Waals surface area contributed by atoms with Crippen LogP contribution in [0.3, 0.4) is 0 Å². The normalized spacial score (nSPS) is 20.7. The Hall–Kier alpha value is -1.91. The van der Waals surface area contributed by atoms with Crippen molar-refractivity contribution >= 4 is 35.3 Å². The fourth-order valence-corrected chi connectivity index (χ4v) is 9.31. The maximum Gasteiger partial charge on any atom is 0.490 e. The number of nitrogens with zero attached hydrogens (tertiary/aromatic N) is 6. The van der Waals surface area contributed by atoms with E-state index in [4.69, 9.17) is 19.4 Å². The number of nitrogens with one attached hydrogen (secondary N) is 1. The van der Waals surface area contributed by atoms with Crippen molar-refractivity contribution < 1.29 is 71.0 Å². The average Bonchev–Trinajstić information content (AvgIpc) is 3.57. The fourth-order valence-electron chi connectivity index (χ4n) is 6.28. The van der Waals surface area contributed by atoms with Crippen LogP contribution < -0.4 is 5.32 Å². The summed E-state index contributed by atoms with van der Waals surface area (Å²) in [5.74, 6) is 0.230. The van der Waals surface area contributed by atoms with Crippen LogP contribution in [-0.4, -0.2) is 189 Å². The van der Waals surface area contributed by atoms with Gasteiger partial charge >= 0.3 is 29.5 Å². The van der Waals surface area contributed by atoms with Crippen molar-refractivity contribution in [1.82, 2.24) is 29.8 Å². The minimum absolute atomic E-state index is 0.00488. The quantitative estimate of drug-likeness (QED) is 0.0359. The number of hydrogen-bond donors (Lipinski definition) is 7. The molecule has 2 aliphatic rings. The molecule has 0 aliphatic carbocycles. The Bertz CT molecular complexity index is 1500. The van der Waals surface area contributed by atoms with Crippen molar-refractivity contribution in [2.75, 3.05) is 98.3 Å². The number of aliphatic hydroxyl groups excluding tert-OH is 2. The highest BCUT2D eigenvalue weighted by Crippen LogP contribution is 2.66. The van der Waals surface area contributed by atoms with Crippen LogP contribution in [0.25, 0.3) is 0 Å². The van der Waals surface area contributed by atoms with E-state index in [-0.39, 0.29) is 18.8 Å². The molecule has 25 heteroatoms. The molecule has 0 spiro atoms. The van der Waals surface area contributed by atoms with Crippen LogP contribution in [0.2, 0.25) is 0 Å². The Balaban J connectivity index is 0. The van der Waals surface area contributed by atoms with Gasteiger partial charge in [-0.05, 0) is 96.9 Å². The first kappa shape index (κ1) is 67.2. The van der Waals surface area contributed by atoms with E-state index in [1.54, 1.807) is 0 Å². The van der Waals surface area contributed by atoms with Gasteiger partial charge in [-0.15, -0.1) is 0 Å². The van der Waals surface area contributed by atoms with Crippen LogP contribution >= 0.6 is 23.5 Å². The second-order valence-electron chi connectivity index (χ2n) is 14.7. The molecule has 1 aromatic rings. The van der Waals surface area contributed by atoms with E-state index in [1.807, 2.05) is 30.3 Å². The Morgan fingerprint density at radius 2 is 1.10 bits per heavy atom. The number of aryl methyl sites for hydroxylation is 1. The summed E-state index contributed by atoms with van der Waals surface area (Å²) in [5.41, 5.74) is 1.15. The van der Waals surface area contributed by atoms with Crippen molar-refractivity contribution in [3.8, 4) is 0 Å². The average molecular weight is 1020 g/mol. The molecule has 0 radical (unpaired) electrons. The number of rotatable bonds is 25. The molecule has 22 nitrogen and oxygen atoms in total. The van der Waals surface area contributed by atoms with E-state index < -0.39 is 60.6 Å². The van der Waals surface area contributed by atoms with Gasteiger partial charge in [0.05, 0.1) is 6.61 Å². The molecule has 7 N–H and O–H groups in total. The van der Waals surface area contributed by atoms with E-state index in [0.717, 1.165) is 16.9 Å².